The topological polar surface area (TPSA) is 556 Å². The van der Waals surface area contributed by atoms with Crippen LogP contribution in [-0.2, 0) is 106 Å². The Morgan fingerprint density at radius 2 is 1.00 bits per heavy atom. The van der Waals surface area contributed by atoms with E-state index < -0.39 is 193 Å². The molecule has 8 rings (SSSR count). The monoisotopic (exact) mass is 1700 g/mol. The average Bonchev–Trinajstić information content (AvgIpc) is 1.64. The number of fused-ring (bicyclic) bond motifs is 13. The molecule has 2 aliphatic heterocycles. The number of aliphatic hydroxyl groups excluding tert-OH is 2. The summed E-state index contributed by atoms with van der Waals surface area (Å²) >= 11 is 0. The molecule has 3 heterocycles. The van der Waals surface area contributed by atoms with Crippen LogP contribution in [0.5, 0.6) is 5.75 Å². The number of benzene rings is 5. The number of aliphatic hydroxyl groups is 2. The van der Waals surface area contributed by atoms with E-state index in [1.54, 1.807) is 115 Å². The molecule has 0 saturated carbocycles. The van der Waals surface area contributed by atoms with Gasteiger partial charge in [-0.2, -0.15) is 0 Å². The lowest BCUT2D eigenvalue weighted by Crippen LogP contribution is -2.63. The number of nitrogens with two attached hydrogens (primary N) is 2. The van der Waals surface area contributed by atoms with Crippen LogP contribution in [0.25, 0.3) is 10.9 Å². The Hall–Kier alpha value is -11.5. The number of carbonyl (C=O) groups is 14. The maximum absolute atomic E-state index is 15.7. The number of hydrogen-bond donors (Lipinski definition) is 21. The predicted molar refractivity (Wildman–Crippen MR) is 449 cm³/mol. The SMILES string of the molecule is CC(C)NCc1ccc(C[C@@H]2NC(=O)[C@@H](Cc3c[nH]c4ccccc34)NC(=O)[C@@H]3CCC(=O)NCCCC(=O)NCC[C@H](NC(=O)[C@H](Cc4ccccc4)NC(=O)[C@@H]([C@@H](C)O)NC2=O)C(=O)N[C@@H](CO)C(=O)N[C@H](C(=O)O)CSSC[C@H](NC(=O)[C@@H](N)Cc2ccc(O)cc2)C(=O)N[C@@H](CCCCN)C(=O)N[C@@H](Cc2ccccc2)C(=O)N3)cc1. The van der Waals surface area contributed by atoms with Crippen molar-refractivity contribution in [3.8, 4) is 5.75 Å². The lowest BCUT2D eigenvalue weighted by Gasteiger charge is -2.29. The Bertz CT molecular complexity index is 4470. The van der Waals surface area contributed by atoms with Crippen LogP contribution in [0.3, 0.4) is 0 Å². The molecule has 6 aromatic rings. The van der Waals surface area contributed by atoms with E-state index in [1.165, 1.54) is 31.2 Å². The van der Waals surface area contributed by atoms with Gasteiger partial charge in [-0.25, -0.2) is 4.79 Å². The number of aliphatic carboxylic acids is 1. The van der Waals surface area contributed by atoms with Crippen LogP contribution < -0.4 is 85.9 Å². The molecule has 0 spiro atoms. The summed E-state index contributed by atoms with van der Waals surface area (Å²) in [7, 11) is 1.64. The number of carbonyl (C=O) groups excluding carboxylic acids is 13. The van der Waals surface area contributed by atoms with Crippen molar-refractivity contribution in [3.05, 3.63) is 173 Å². The number of carboxylic acids is 1. The van der Waals surface area contributed by atoms with E-state index in [0.29, 0.717) is 51.7 Å². The van der Waals surface area contributed by atoms with Gasteiger partial charge < -0.3 is 111 Å². The summed E-state index contributed by atoms with van der Waals surface area (Å²) in [5.74, 6) is -15.4. The van der Waals surface area contributed by atoms with Crippen molar-refractivity contribution in [2.45, 2.75) is 195 Å². The molecule has 23 N–H and O–H groups in total. The zero-order valence-electron chi connectivity index (χ0n) is 67.0. The lowest BCUT2D eigenvalue weighted by atomic mass is 9.99. The highest BCUT2D eigenvalue weighted by molar-refractivity contribution is 8.76. The van der Waals surface area contributed by atoms with E-state index in [-0.39, 0.29) is 95.0 Å². The Morgan fingerprint density at radius 3 is 1.60 bits per heavy atom. The van der Waals surface area contributed by atoms with Gasteiger partial charge in [-0.15, -0.1) is 0 Å². The highest BCUT2D eigenvalue weighted by Gasteiger charge is 2.39. The molecule has 13 atom stereocenters. The number of phenolic OH excluding ortho intramolecular Hbond substituents is 1. The minimum absolute atomic E-state index is 0.000837. The molecule has 37 heteroatoms. The summed E-state index contributed by atoms with van der Waals surface area (Å²) < 4.78 is 0. The first-order valence-corrected chi connectivity index (χ1v) is 42.3. The molecule has 2 fully saturated rings. The summed E-state index contributed by atoms with van der Waals surface area (Å²) in [6.45, 7) is 4.05. The van der Waals surface area contributed by atoms with Crippen molar-refractivity contribution in [1.29, 1.82) is 0 Å². The molecule has 1 aromatic heterocycles. The summed E-state index contributed by atoms with van der Waals surface area (Å²) in [6, 6.07) is 16.4. The van der Waals surface area contributed by atoms with Crippen molar-refractivity contribution in [3.63, 3.8) is 0 Å². The largest absolute Gasteiger partial charge is 0.508 e. The van der Waals surface area contributed by atoms with Crippen molar-refractivity contribution in [1.82, 2.24) is 79.4 Å². The molecule has 5 aromatic carbocycles. The van der Waals surface area contributed by atoms with E-state index in [9.17, 15) is 58.8 Å². The number of unbranched alkanes of at least 4 members (excludes halogenated alkanes) is 1. The van der Waals surface area contributed by atoms with Gasteiger partial charge >= 0.3 is 5.97 Å². The number of carboxylic acid groups (broad SMARTS) is 1. The number of aromatic hydroxyl groups is 1. The summed E-state index contributed by atoms with van der Waals surface area (Å²) in [4.78, 5) is 209. The van der Waals surface area contributed by atoms with Crippen LogP contribution in [0, 0.1) is 0 Å². The first-order chi connectivity index (χ1) is 57.5. The number of H-pyrrole nitrogens is 1. The van der Waals surface area contributed by atoms with Gasteiger partial charge in [0.25, 0.3) is 0 Å². The Labute approximate surface area is 702 Å². The predicted octanol–water partition coefficient (Wildman–Crippen LogP) is -1.28. The van der Waals surface area contributed by atoms with Gasteiger partial charge in [-0.3, -0.25) is 62.3 Å². The average molecular weight is 1700 g/mol. The van der Waals surface area contributed by atoms with Gasteiger partial charge in [0.15, 0.2) is 0 Å². The van der Waals surface area contributed by atoms with Gasteiger partial charge in [-0.05, 0) is 110 Å². The molecule has 2 saturated heterocycles. The van der Waals surface area contributed by atoms with Gasteiger partial charge in [0.1, 0.15) is 72.2 Å². The Balaban J connectivity index is 1.26. The number of nitrogens with one attached hydrogen (secondary N) is 15. The van der Waals surface area contributed by atoms with Gasteiger partial charge in [0.2, 0.25) is 76.8 Å². The molecule has 0 unspecified atom stereocenters. The summed E-state index contributed by atoms with van der Waals surface area (Å²) in [5.41, 5.74) is 16.3. The van der Waals surface area contributed by atoms with E-state index in [2.05, 4.69) is 79.4 Å². The smallest absolute Gasteiger partial charge is 0.327 e. The van der Waals surface area contributed by atoms with Crippen LogP contribution in [0.2, 0.25) is 0 Å². The fraction of sp³-hybridized carbons (Fsp3) is 0.446. The zero-order valence-corrected chi connectivity index (χ0v) is 68.6. The van der Waals surface area contributed by atoms with E-state index >= 15 is 28.8 Å². The second kappa shape index (κ2) is 47.9. The molecule has 2 aliphatic rings. The second-order valence-corrected chi connectivity index (χ2v) is 32.4. The minimum Gasteiger partial charge on any atom is -0.508 e. The summed E-state index contributed by atoms with van der Waals surface area (Å²) in [5, 5.41) is 80.9. The number of rotatable bonds is 22. The maximum Gasteiger partial charge on any atom is 0.327 e. The van der Waals surface area contributed by atoms with Crippen molar-refractivity contribution in [2.75, 3.05) is 37.7 Å². The van der Waals surface area contributed by atoms with Crippen LogP contribution in [-0.4, -0.2) is 231 Å². The quantitative estimate of drug-likeness (QED) is 0.0278. The van der Waals surface area contributed by atoms with E-state index in [0.717, 1.165) is 27.2 Å². The lowest BCUT2D eigenvalue weighted by molar-refractivity contribution is -0.142. The number of para-hydroxylation sites is 1. The van der Waals surface area contributed by atoms with Crippen molar-refractivity contribution < 1.29 is 87.5 Å². The number of amides is 13. The third-order valence-corrected chi connectivity index (χ3v) is 22.4. The highest BCUT2D eigenvalue weighted by atomic mass is 33.1. The molecule has 0 radical (unpaired) electrons. The van der Waals surface area contributed by atoms with E-state index in [4.69, 9.17) is 11.5 Å². The fourth-order valence-corrected chi connectivity index (χ4v) is 15.5. The number of aromatic amines is 1. The third-order valence-electron chi connectivity index (χ3n) is 19.9. The highest BCUT2D eigenvalue weighted by Crippen LogP contribution is 2.25. The molecule has 2 bridgehead atoms. The number of hydrogen-bond acceptors (Lipinski definition) is 22. The summed E-state index contributed by atoms with van der Waals surface area (Å²) in [6.07, 6.45) is -2.71. The first-order valence-electron chi connectivity index (χ1n) is 39.9. The standard InChI is InChI=1S/C83H109N17O18S2/c1-47(2)88-42-53-25-23-52(24-26-53)40-64-79(113)100-71(48(3)102)82(116)96-63(39-50-17-8-5-9-18-50)77(111)92-61-33-36-87-69(104)22-14-35-86-70(105)32-31-60(74(108)95-65(78(112)94-64)41-54-43-89-58-20-11-10-19-56(54)58)91-76(110)62(38-49-15-6-4-7-16-49)93-73(107)59(21-12-13-34-84)90-81(115)67(98-72(106)57(85)37-51-27-29-55(103)30-28-51)45-119-120-46-68(83(117)118)99-80(114)66(44-101)97-75(61)109/h4-11,15-20,23-30,43,47-48,57,59-68,71,88-89,101-103H,12-14,21-22,31-42,44-46,84-85H2,1-3H3,(H,86,105)(H,87,104)(H,90,115)(H,91,110)(H,92,111)(H,93,107)(H,94,112)(H,95,108)(H,96,116)(H,97,109)(H,98,106)(H,99,114)(H,100,113)(H,117,118)/t48-,57+,59+,60+,61+,62+,63+,64+,65-,66+,67+,68+,71-/m1/s1. The fourth-order valence-electron chi connectivity index (χ4n) is 13.1. The molecular formula is C83H109N17O18S2. The molecule has 120 heavy (non-hydrogen) atoms. The molecule has 13 amide bonds. The maximum atomic E-state index is 15.7. The minimum atomic E-state index is -1.94. The van der Waals surface area contributed by atoms with E-state index in [1.807, 2.05) is 13.8 Å². The van der Waals surface area contributed by atoms with Crippen LogP contribution >= 0.6 is 21.6 Å². The van der Waals surface area contributed by atoms with Crippen LogP contribution in [0.1, 0.15) is 106 Å². The van der Waals surface area contributed by atoms with Crippen LogP contribution in [0.4, 0.5) is 0 Å². The van der Waals surface area contributed by atoms with Gasteiger partial charge in [0.05, 0.1) is 18.8 Å². The van der Waals surface area contributed by atoms with Gasteiger partial charge in [-0.1, -0.05) is 151 Å². The molecular weight excluding hydrogens is 1590 g/mol. The zero-order chi connectivity index (χ0) is 86.8. The second-order valence-electron chi connectivity index (χ2n) is 29.8. The molecule has 646 valence electrons. The molecule has 0 aliphatic carbocycles. The Morgan fingerprint density at radius 1 is 0.508 bits per heavy atom. The van der Waals surface area contributed by atoms with Crippen molar-refractivity contribution in [2.24, 2.45) is 11.5 Å². The Kier molecular flexibility index (Phi) is 37.6. The van der Waals surface area contributed by atoms with Crippen LogP contribution in [0.15, 0.2) is 140 Å². The molecule has 35 nitrogen and oxygen atoms in total. The van der Waals surface area contributed by atoms with Gasteiger partial charge in [0, 0.05) is 92.8 Å². The number of phenols is 1. The normalized spacial score (nSPS) is 23.4. The first kappa shape index (κ1) is 94.0. The third kappa shape index (κ3) is 30.4. The van der Waals surface area contributed by atoms with Crippen molar-refractivity contribution >= 4 is 115 Å². The number of aromatic nitrogens is 1.